The second-order valence-corrected chi connectivity index (χ2v) is 6.35. The van der Waals surface area contributed by atoms with Crippen molar-refractivity contribution in [2.75, 3.05) is 59.0 Å². The minimum Gasteiger partial charge on any atom is -0.505 e. The van der Waals surface area contributed by atoms with Gasteiger partial charge in [-0.15, -0.1) is 0 Å². The van der Waals surface area contributed by atoms with Gasteiger partial charge in [-0.05, 0) is 18.7 Å². The summed E-state index contributed by atoms with van der Waals surface area (Å²) in [6.07, 6.45) is 1.78. The predicted molar refractivity (Wildman–Crippen MR) is 90.1 cm³/mol. The summed E-state index contributed by atoms with van der Waals surface area (Å²) in [6, 6.07) is 3.12. The minimum absolute atomic E-state index is 0.0554. The Bertz CT molecular complexity index is 561. The van der Waals surface area contributed by atoms with Gasteiger partial charge in [-0.25, -0.2) is 4.98 Å². The number of amides is 1. The van der Waals surface area contributed by atoms with E-state index in [-0.39, 0.29) is 23.5 Å². The van der Waals surface area contributed by atoms with Gasteiger partial charge in [0.2, 0.25) is 0 Å². The van der Waals surface area contributed by atoms with E-state index in [2.05, 4.69) is 21.7 Å². The summed E-state index contributed by atoms with van der Waals surface area (Å²) < 4.78 is 5.87. The van der Waals surface area contributed by atoms with E-state index >= 15 is 0 Å². The van der Waals surface area contributed by atoms with Crippen LogP contribution in [-0.2, 0) is 4.74 Å². The zero-order valence-electron chi connectivity index (χ0n) is 14.2. The van der Waals surface area contributed by atoms with Crippen LogP contribution in [0.3, 0.4) is 0 Å². The normalized spacial score (nSPS) is 23.4. The Labute approximate surface area is 142 Å². The van der Waals surface area contributed by atoms with E-state index in [1.165, 1.54) is 12.3 Å². The summed E-state index contributed by atoms with van der Waals surface area (Å²) in [4.78, 5) is 23.0. The average molecular weight is 334 g/mol. The quantitative estimate of drug-likeness (QED) is 0.852. The van der Waals surface area contributed by atoms with Crippen LogP contribution in [0.15, 0.2) is 18.3 Å². The van der Waals surface area contributed by atoms with Crippen LogP contribution in [0, 0.1) is 0 Å². The maximum atomic E-state index is 12.5. The van der Waals surface area contributed by atoms with Crippen molar-refractivity contribution in [3.63, 3.8) is 0 Å². The molecule has 2 aliphatic rings. The van der Waals surface area contributed by atoms with E-state index in [1.807, 2.05) is 0 Å². The van der Waals surface area contributed by atoms with E-state index in [0.29, 0.717) is 13.1 Å². The number of hydrogen-bond acceptors (Lipinski definition) is 6. The molecule has 1 aromatic heterocycles. The zero-order valence-corrected chi connectivity index (χ0v) is 14.2. The van der Waals surface area contributed by atoms with E-state index in [9.17, 15) is 9.90 Å². The average Bonchev–Trinajstić information content (AvgIpc) is 2.62. The van der Waals surface area contributed by atoms with Gasteiger partial charge in [-0.3, -0.25) is 14.6 Å². The summed E-state index contributed by atoms with van der Waals surface area (Å²) >= 11 is 0. The van der Waals surface area contributed by atoms with Crippen molar-refractivity contribution in [2.45, 2.75) is 13.0 Å². The predicted octanol–water partition coefficient (Wildman–Crippen LogP) is 0.266. The molecule has 3 rings (SSSR count). The molecule has 0 aromatic carbocycles. The lowest BCUT2D eigenvalue weighted by molar-refractivity contribution is -0.0458. The van der Waals surface area contributed by atoms with Crippen molar-refractivity contribution in [1.82, 2.24) is 19.7 Å². The van der Waals surface area contributed by atoms with Crippen molar-refractivity contribution < 1.29 is 14.6 Å². The number of morpholine rings is 1. The van der Waals surface area contributed by atoms with Crippen molar-refractivity contribution in [3.8, 4) is 5.75 Å². The molecule has 1 N–H and O–H groups in total. The first-order valence-electron chi connectivity index (χ1n) is 8.67. The minimum atomic E-state index is -0.196. The lowest BCUT2D eigenvalue weighted by atomic mass is 10.2. The van der Waals surface area contributed by atoms with Gasteiger partial charge in [0.25, 0.3) is 5.91 Å². The Hall–Kier alpha value is -1.70. The molecule has 1 amide bonds. The van der Waals surface area contributed by atoms with Crippen LogP contribution in [0.25, 0.3) is 0 Å². The summed E-state index contributed by atoms with van der Waals surface area (Å²) in [6.45, 7) is 9.91. The van der Waals surface area contributed by atoms with E-state index in [1.54, 1.807) is 11.0 Å². The maximum Gasteiger partial charge on any atom is 0.276 e. The first-order chi connectivity index (χ1) is 11.7. The van der Waals surface area contributed by atoms with Crippen LogP contribution in [0.1, 0.15) is 17.4 Å². The van der Waals surface area contributed by atoms with E-state index < -0.39 is 0 Å². The smallest absolute Gasteiger partial charge is 0.276 e. The molecule has 0 radical (unpaired) electrons. The van der Waals surface area contributed by atoms with Gasteiger partial charge in [-0.1, -0.05) is 6.92 Å². The van der Waals surface area contributed by atoms with Gasteiger partial charge in [0.15, 0.2) is 5.69 Å². The maximum absolute atomic E-state index is 12.5. The van der Waals surface area contributed by atoms with Crippen LogP contribution >= 0.6 is 0 Å². The van der Waals surface area contributed by atoms with Crippen molar-refractivity contribution in [2.24, 2.45) is 0 Å². The fourth-order valence-electron chi connectivity index (χ4n) is 3.31. The van der Waals surface area contributed by atoms with Gasteiger partial charge in [0.05, 0.1) is 12.7 Å². The molecule has 0 saturated carbocycles. The molecule has 1 aromatic rings. The highest BCUT2D eigenvalue weighted by Gasteiger charge is 2.27. The largest absolute Gasteiger partial charge is 0.505 e. The Kier molecular flexibility index (Phi) is 5.65. The number of carbonyl (C=O) groups is 1. The van der Waals surface area contributed by atoms with Gasteiger partial charge >= 0.3 is 0 Å². The Morgan fingerprint density at radius 2 is 2.08 bits per heavy atom. The van der Waals surface area contributed by atoms with E-state index in [0.717, 1.165) is 45.9 Å². The number of hydrogen-bond donors (Lipinski definition) is 1. The summed E-state index contributed by atoms with van der Waals surface area (Å²) in [5.41, 5.74) is 0.139. The molecular weight excluding hydrogens is 308 g/mol. The number of piperazine rings is 1. The Balaban J connectivity index is 1.49. The third kappa shape index (κ3) is 4.03. The number of likely N-dealkylation sites (N-methyl/N-ethyl adjacent to an activating group) is 1. The summed E-state index contributed by atoms with van der Waals surface area (Å²) in [5, 5.41) is 9.79. The second-order valence-electron chi connectivity index (χ2n) is 6.35. The SMILES string of the molecule is CCN1CCOC(CN2CCN(C(=O)c3ncccc3O)CC2)C1. The Morgan fingerprint density at radius 1 is 1.29 bits per heavy atom. The molecule has 2 fully saturated rings. The molecule has 3 heterocycles. The molecular formula is C17H26N4O3. The van der Waals surface area contributed by atoms with Crippen molar-refractivity contribution in [1.29, 1.82) is 0 Å². The number of rotatable bonds is 4. The molecule has 7 heteroatoms. The third-order valence-corrected chi connectivity index (χ3v) is 4.78. The van der Waals surface area contributed by atoms with Crippen molar-refractivity contribution >= 4 is 5.91 Å². The number of nitrogens with zero attached hydrogens (tertiary/aromatic N) is 4. The summed E-state index contributed by atoms with van der Waals surface area (Å²) in [7, 11) is 0. The summed E-state index contributed by atoms with van der Waals surface area (Å²) in [5.74, 6) is -0.251. The van der Waals surface area contributed by atoms with Gasteiger partial charge in [0, 0.05) is 52.0 Å². The zero-order chi connectivity index (χ0) is 16.9. The monoisotopic (exact) mass is 334 g/mol. The first-order valence-corrected chi connectivity index (χ1v) is 8.67. The molecule has 132 valence electrons. The van der Waals surface area contributed by atoms with Gasteiger partial charge < -0.3 is 14.7 Å². The van der Waals surface area contributed by atoms with Crippen LogP contribution < -0.4 is 0 Å². The third-order valence-electron chi connectivity index (χ3n) is 4.78. The topological polar surface area (TPSA) is 69.1 Å². The lowest BCUT2D eigenvalue weighted by Crippen LogP contribution is -2.53. The fraction of sp³-hybridized carbons (Fsp3) is 0.647. The molecule has 24 heavy (non-hydrogen) atoms. The Morgan fingerprint density at radius 3 is 2.79 bits per heavy atom. The van der Waals surface area contributed by atoms with Gasteiger partial charge in [0.1, 0.15) is 5.75 Å². The molecule has 2 saturated heterocycles. The molecule has 7 nitrogen and oxygen atoms in total. The molecule has 1 unspecified atom stereocenters. The fourth-order valence-corrected chi connectivity index (χ4v) is 3.31. The van der Waals surface area contributed by atoms with Crippen LogP contribution in [0.5, 0.6) is 5.75 Å². The standard InChI is InChI=1S/C17H26N4O3/c1-2-19-10-11-24-14(12-19)13-20-6-8-21(9-7-20)17(23)16-15(22)4-3-5-18-16/h3-5,14,22H,2,6-13H2,1H3. The number of aromatic hydroxyl groups is 1. The molecule has 0 aliphatic carbocycles. The number of pyridine rings is 1. The molecule has 0 bridgehead atoms. The van der Waals surface area contributed by atoms with Crippen LogP contribution in [0.4, 0.5) is 0 Å². The number of ether oxygens (including phenoxy) is 1. The number of aromatic nitrogens is 1. The van der Waals surface area contributed by atoms with Crippen LogP contribution in [-0.4, -0.2) is 95.8 Å². The number of carbonyl (C=O) groups excluding carboxylic acids is 1. The highest BCUT2D eigenvalue weighted by molar-refractivity contribution is 5.94. The molecule has 2 aliphatic heterocycles. The highest BCUT2D eigenvalue weighted by Crippen LogP contribution is 2.16. The highest BCUT2D eigenvalue weighted by atomic mass is 16.5. The van der Waals surface area contributed by atoms with Gasteiger partial charge in [-0.2, -0.15) is 0 Å². The molecule has 0 spiro atoms. The second kappa shape index (κ2) is 7.92. The molecule has 1 atom stereocenters. The van der Waals surface area contributed by atoms with Crippen LogP contribution in [0.2, 0.25) is 0 Å². The van der Waals surface area contributed by atoms with Crippen molar-refractivity contribution in [3.05, 3.63) is 24.0 Å². The van der Waals surface area contributed by atoms with E-state index in [4.69, 9.17) is 4.74 Å². The first kappa shape index (κ1) is 17.1. The lowest BCUT2D eigenvalue weighted by Gasteiger charge is -2.39.